The van der Waals surface area contributed by atoms with Gasteiger partial charge in [0.2, 0.25) is 0 Å². The first-order valence-electron chi connectivity index (χ1n) is 3.50. The van der Waals surface area contributed by atoms with Crippen molar-refractivity contribution in [3.8, 4) is 0 Å². The Kier molecular flexibility index (Phi) is 2.40. The van der Waals surface area contributed by atoms with E-state index in [9.17, 15) is 0 Å². The van der Waals surface area contributed by atoms with Crippen molar-refractivity contribution >= 4 is 18.1 Å². The van der Waals surface area contributed by atoms with Crippen LogP contribution in [0.15, 0.2) is 18.6 Å². The van der Waals surface area contributed by atoms with Crippen molar-refractivity contribution in [3.05, 3.63) is 24.2 Å². The first-order valence-corrected chi connectivity index (χ1v) is 3.50. The lowest BCUT2D eigenvalue weighted by Gasteiger charge is -1.93. The van der Waals surface area contributed by atoms with Crippen LogP contribution in [0, 0.1) is 0 Å². The summed E-state index contributed by atoms with van der Waals surface area (Å²) in [6.45, 7) is 0.543. The van der Waals surface area contributed by atoms with Crippen LogP contribution in [0.25, 0.3) is 5.65 Å². The zero-order valence-electron chi connectivity index (χ0n) is 6.77. The van der Waals surface area contributed by atoms with Crippen LogP contribution in [0.5, 0.6) is 0 Å². The summed E-state index contributed by atoms with van der Waals surface area (Å²) >= 11 is 0. The average molecular weight is 187 g/mol. The van der Waals surface area contributed by atoms with Gasteiger partial charge in [-0.25, -0.2) is 4.52 Å². The largest absolute Gasteiger partial charge is 0.334 e. The number of nitrogens with zero attached hydrogens (tertiary/aromatic N) is 3. The minimum atomic E-state index is 0. The Bertz CT molecular complexity index is 376. The highest BCUT2D eigenvalue weighted by Gasteiger charge is 2.03. The van der Waals surface area contributed by atoms with Gasteiger partial charge in [0.1, 0.15) is 5.65 Å². The van der Waals surface area contributed by atoms with E-state index < -0.39 is 0 Å². The number of rotatable bonds is 1. The van der Waals surface area contributed by atoms with Gasteiger partial charge in [0, 0.05) is 31.5 Å². The van der Waals surface area contributed by atoms with Crippen molar-refractivity contribution < 1.29 is 0 Å². The Hall–Kier alpha value is -1.00. The summed E-state index contributed by atoms with van der Waals surface area (Å²) < 4.78 is 3.83. The lowest BCUT2D eigenvalue weighted by molar-refractivity contribution is 0.921. The van der Waals surface area contributed by atoms with Crippen molar-refractivity contribution in [2.24, 2.45) is 12.8 Å². The van der Waals surface area contributed by atoms with Crippen LogP contribution in [-0.2, 0) is 13.6 Å². The first kappa shape index (κ1) is 9.09. The van der Waals surface area contributed by atoms with Gasteiger partial charge in [0.15, 0.2) is 0 Å². The number of hydrogen-bond acceptors (Lipinski definition) is 2. The van der Waals surface area contributed by atoms with Crippen molar-refractivity contribution in [2.45, 2.75) is 6.54 Å². The molecule has 0 atom stereocenters. The number of halogens is 1. The Balaban J connectivity index is 0.000000720. The number of imidazole rings is 1. The van der Waals surface area contributed by atoms with Crippen molar-refractivity contribution in [1.82, 2.24) is 14.2 Å². The van der Waals surface area contributed by atoms with E-state index in [2.05, 4.69) is 5.10 Å². The Morgan fingerprint density at radius 2 is 2.25 bits per heavy atom. The lowest BCUT2D eigenvalue weighted by Crippen LogP contribution is -1.97. The molecule has 0 radical (unpaired) electrons. The van der Waals surface area contributed by atoms with Gasteiger partial charge in [-0.2, -0.15) is 5.10 Å². The number of aromatic nitrogens is 3. The molecule has 0 bridgehead atoms. The second kappa shape index (κ2) is 3.16. The predicted molar refractivity (Wildman–Crippen MR) is 49.3 cm³/mol. The van der Waals surface area contributed by atoms with Crippen LogP contribution >= 0.6 is 12.4 Å². The summed E-state index contributed by atoms with van der Waals surface area (Å²) in [5.41, 5.74) is 7.68. The van der Waals surface area contributed by atoms with Gasteiger partial charge in [0.05, 0.1) is 6.20 Å². The summed E-state index contributed by atoms with van der Waals surface area (Å²) in [5.74, 6) is 0. The number of nitrogens with two attached hydrogens (primary N) is 1. The molecule has 0 saturated carbocycles. The molecule has 0 aliphatic rings. The van der Waals surface area contributed by atoms with Gasteiger partial charge in [-0.1, -0.05) is 0 Å². The Labute approximate surface area is 76.4 Å². The van der Waals surface area contributed by atoms with E-state index in [4.69, 9.17) is 5.73 Å². The fourth-order valence-electron chi connectivity index (χ4n) is 1.27. The SMILES string of the molecule is Cl.Cn1ccn2ncc(CN)c12. The molecule has 0 spiro atoms. The van der Waals surface area contributed by atoms with Crippen molar-refractivity contribution in [2.75, 3.05) is 0 Å². The molecule has 0 aliphatic carbocycles. The molecule has 2 N–H and O–H groups in total. The number of aryl methyl sites for hydroxylation is 1. The molecule has 0 amide bonds. The van der Waals surface area contributed by atoms with Gasteiger partial charge < -0.3 is 10.3 Å². The average Bonchev–Trinajstić information content (AvgIpc) is 2.54. The smallest absolute Gasteiger partial charge is 0.139 e. The molecule has 0 aromatic carbocycles. The van der Waals surface area contributed by atoms with E-state index in [1.807, 2.05) is 28.5 Å². The molecule has 0 saturated heterocycles. The molecule has 5 heteroatoms. The number of hydrogen-bond donors (Lipinski definition) is 1. The summed E-state index contributed by atoms with van der Waals surface area (Å²) in [5, 5.41) is 4.13. The van der Waals surface area contributed by atoms with Crippen LogP contribution in [0.3, 0.4) is 0 Å². The zero-order valence-corrected chi connectivity index (χ0v) is 7.58. The molecule has 2 aromatic heterocycles. The predicted octanol–water partition coefficient (Wildman–Crippen LogP) is 0.553. The highest BCUT2D eigenvalue weighted by Crippen LogP contribution is 2.08. The molecule has 0 unspecified atom stereocenters. The third-order valence-corrected chi connectivity index (χ3v) is 1.83. The van der Waals surface area contributed by atoms with E-state index in [0.717, 1.165) is 11.2 Å². The Morgan fingerprint density at radius 3 is 2.92 bits per heavy atom. The second-order valence-electron chi connectivity index (χ2n) is 2.55. The summed E-state index contributed by atoms with van der Waals surface area (Å²) in [6.07, 6.45) is 5.67. The van der Waals surface area contributed by atoms with Gasteiger partial charge in [-0.15, -0.1) is 12.4 Å². The van der Waals surface area contributed by atoms with E-state index in [-0.39, 0.29) is 12.4 Å². The maximum absolute atomic E-state index is 5.52. The standard InChI is InChI=1S/C7H10N4.ClH/c1-10-2-3-11-7(10)6(4-8)5-9-11;/h2-3,5H,4,8H2,1H3;1H. The maximum Gasteiger partial charge on any atom is 0.139 e. The van der Waals surface area contributed by atoms with Gasteiger partial charge in [-0.05, 0) is 0 Å². The van der Waals surface area contributed by atoms with Crippen molar-refractivity contribution in [3.63, 3.8) is 0 Å². The highest BCUT2D eigenvalue weighted by atomic mass is 35.5. The molecule has 0 aliphatic heterocycles. The highest BCUT2D eigenvalue weighted by molar-refractivity contribution is 5.85. The first-order chi connectivity index (χ1) is 5.33. The van der Waals surface area contributed by atoms with E-state index >= 15 is 0 Å². The van der Waals surface area contributed by atoms with Crippen molar-refractivity contribution in [1.29, 1.82) is 0 Å². The Morgan fingerprint density at radius 1 is 1.50 bits per heavy atom. The quantitative estimate of drug-likeness (QED) is 0.708. The minimum absolute atomic E-state index is 0. The summed E-state index contributed by atoms with van der Waals surface area (Å²) in [7, 11) is 1.98. The lowest BCUT2D eigenvalue weighted by atomic mass is 10.3. The van der Waals surface area contributed by atoms with Crippen LogP contribution in [0.4, 0.5) is 0 Å². The maximum atomic E-state index is 5.52. The van der Waals surface area contributed by atoms with E-state index in [1.165, 1.54) is 0 Å². The van der Waals surface area contributed by atoms with Gasteiger partial charge in [-0.3, -0.25) is 0 Å². The third-order valence-electron chi connectivity index (χ3n) is 1.83. The fraction of sp³-hybridized carbons (Fsp3) is 0.286. The molecule has 12 heavy (non-hydrogen) atoms. The van der Waals surface area contributed by atoms with Gasteiger partial charge in [0.25, 0.3) is 0 Å². The molecule has 2 heterocycles. The molecule has 0 fully saturated rings. The molecule has 4 nitrogen and oxygen atoms in total. The molecule has 2 rings (SSSR count). The molecule has 66 valence electrons. The minimum Gasteiger partial charge on any atom is -0.334 e. The molecular weight excluding hydrogens is 176 g/mol. The topological polar surface area (TPSA) is 48.2 Å². The summed E-state index contributed by atoms with van der Waals surface area (Å²) in [4.78, 5) is 0. The number of fused-ring (bicyclic) bond motifs is 1. The second-order valence-corrected chi connectivity index (χ2v) is 2.55. The normalized spacial score (nSPS) is 10.2. The molecule has 2 aromatic rings. The van der Waals surface area contributed by atoms with Crippen LogP contribution in [-0.4, -0.2) is 14.2 Å². The third kappa shape index (κ3) is 1.09. The summed E-state index contributed by atoms with van der Waals surface area (Å²) in [6, 6.07) is 0. The van der Waals surface area contributed by atoms with Crippen LogP contribution < -0.4 is 5.73 Å². The fourth-order valence-corrected chi connectivity index (χ4v) is 1.27. The monoisotopic (exact) mass is 186 g/mol. The van der Waals surface area contributed by atoms with Gasteiger partial charge >= 0.3 is 0 Å². The molecular formula is C7H11ClN4. The van der Waals surface area contributed by atoms with Crippen LogP contribution in [0.2, 0.25) is 0 Å². The van der Waals surface area contributed by atoms with E-state index in [1.54, 1.807) is 6.20 Å². The van der Waals surface area contributed by atoms with Crippen LogP contribution in [0.1, 0.15) is 5.56 Å². The zero-order chi connectivity index (χ0) is 7.84. The van der Waals surface area contributed by atoms with E-state index in [0.29, 0.717) is 6.54 Å².